The molecule has 70 valence electrons. The highest BCUT2D eigenvalue weighted by atomic mass is 16.3. The predicted octanol–water partition coefficient (Wildman–Crippen LogP) is 1.85. The van der Waals surface area contributed by atoms with E-state index in [2.05, 4.69) is 18.0 Å². The van der Waals surface area contributed by atoms with Gasteiger partial charge in [-0.3, -0.25) is 4.98 Å². The first-order chi connectivity index (χ1) is 6.18. The molecule has 1 fully saturated rings. The molecule has 1 saturated carbocycles. The lowest BCUT2D eigenvalue weighted by Gasteiger charge is -2.06. The maximum Gasteiger partial charge on any atom is 0.0653 e. The number of hydrogen-bond donors (Lipinski definition) is 1. The first kappa shape index (κ1) is 8.70. The maximum atomic E-state index is 9.63. The Balaban J connectivity index is 1.94. The van der Waals surface area contributed by atoms with E-state index in [1.807, 2.05) is 12.3 Å². The molecule has 0 saturated heterocycles. The van der Waals surface area contributed by atoms with Gasteiger partial charge in [-0.1, -0.05) is 0 Å². The van der Waals surface area contributed by atoms with Gasteiger partial charge in [0.1, 0.15) is 0 Å². The van der Waals surface area contributed by atoms with Gasteiger partial charge < -0.3 is 5.11 Å². The van der Waals surface area contributed by atoms with E-state index in [4.69, 9.17) is 0 Å². The van der Waals surface area contributed by atoms with Crippen LogP contribution in [0.1, 0.15) is 30.5 Å². The average molecular weight is 177 g/mol. The molecule has 1 heterocycles. The summed E-state index contributed by atoms with van der Waals surface area (Å²) < 4.78 is 0. The number of aryl methyl sites for hydroxylation is 2. The Kier molecular flexibility index (Phi) is 2.08. The monoisotopic (exact) mass is 177 g/mol. The van der Waals surface area contributed by atoms with E-state index in [1.54, 1.807) is 0 Å². The number of rotatable bonds is 3. The van der Waals surface area contributed by atoms with Crippen LogP contribution in [0, 0.1) is 6.92 Å². The fourth-order valence-electron chi connectivity index (χ4n) is 1.49. The van der Waals surface area contributed by atoms with Crippen LogP contribution in [0.5, 0.6) is 0 Å². The molecule has 2 heteroatoms. The summed E-state index contributed by atoms with van der Waals surface area (Å²) in [6.07, 6.45) is 5.54. The number of pyridine rings is 1. The minimum Gasteiger partial charge on any atom is -0.390 e. The van der Waals surface area contributed by atoms with Gasteiger partial charge in [-0.15, -0.1) is 0 Å². The zero-order chi connectivity index (χ0) is 9.31. The molecule has 0 atom stereocenters. The maximum absolute atomic E-state index is 9.63. The molecule has 0 bridgehead atoms. The quantitative estimate of drug-likeness (QED) is 0.764. The number of hydrogen-bond acceptors (Lipinski definition) is 2. The fourth-order valence-corrected chi connectivity index (χ4v) is 1.49. The standard InChI is InChI=1S/C11H15NO/c1-9-3-7-12-10(8-9)2-4-11(13)5-6-11/h3,7-8,13H,2,4-6H2,1H3. The highest BCUT2D eigenvalue weighted by Crippen LogP contribution is 2.38. The smallest absolute Gasteiger partial charge is 0.0653 e. The average Bonchev–Trinajstić information content (AvgIpc) is 2.82. The van der Waals surface area contributed by atoms with Crippen LogP contribution in [0.25, 0.3) is 0 Å². The summed E-state index contributed by atoms with van der Waals surface area (Å²) in [5.41, 5.74) is 2.00. The van der Waals surface area contributed by atoms with Crippen molar-refractivity contribution in [1.82, 2.24) is 4.98 Å². The van der Waals surface area contributed by atoms with Gasteiger partial charge in [0.2, 0.25) is 0 Å². The summed E-state index contributed by atoms with van der Waals surface area (Å²) in [5, 5.41) is 9.63. The molecule has 0 aliphatic heterocycles. The summed E-state index contributed by atoms with van der Waals surface area (Å²) in [7, 11) is 0. The second kappa shape index (κ2) is 3.11. The lowest BCUT2D eigenvalue weighted by molar-refractivity contribution is 0.140. The first-order valence-corrected chi connectivity index (χ1v) is 4.82. The van der Waals surface area contributed by atoms with E-state index in [0.29, 0.717) is 0 Å². The minimum absolute atomic E-state index is 0.342. The third-order valence-corrected chi connectivity index (χ3v) is 2.65. The van der Waals surface area contributed by atoms with Gasteiger partial charge in [0.05, 0.1) is 5.60 Å². The van der Waals surface area contributed by atoms with Crippen molar-refractivity contribution in [1.29, 1.82) is 0 Å². The molecule has 1 aliphatic rings. The molecule has 1 N–H and O–H groups in total. The van der Waals surface area contributed by atoms with Crippen molar-refractivity contribution in [2.45, 2.75) is 38.2 Å². The van der Waals surface area contributed by atoms with E-state index < -0.39 is 0 Å². The molecule has 0 unspecified atom stereocenters. The van der Waals surface area contributed by atoms with Crippen LogP contribution in [0.15, 0.2) is 18.3 Å². The number of aromatic nitrogens is 1. The van der Waals surface area contributed by atoms with Crippen molar-refractivity contribution in [2.24, 2.45) is 0 Å². The van der Waals surface area contributed by atoms with E-state index in [1.165, 1.54) is 5.56 Å². The Bertz CT molecular complexity index is 305. The van der Waals surface area contributed by atoms with Gasteiger partial charge in [0.25, 0.3) is 0 Å². The Morgan fingerprint density at radius 1 is 1.54 bits per heavy atom. The largest absolute Gasteiger partial charge is 0.390 e. The lowest BCUT2D eigenvalue weighted by Crippen LogP contribution is -2.08. The Hall–Kier alpha value is -0.890. The van der Waals surface area contributed by atoms with Crippen molar-refractivity contribution in [3.8, 4) is 0 Å². The second-order valence-corrected chi connectivity index (χ2v) is 4.05. The molecule has 0 amide bonds. The van der Waals surface area contributed by atoms with E-state index >= 15 is 0 Å². The van der Waals surface area contributed by atoms with Gasteiger partial charge in [0, 0.05) is 11.9 Å². The van der Waals surface area contributed by atoms with Crippen LogP contribution in [0.2, 0.25) is 0 Å². The van der Waals surface area contributed by atoms with Crippen LogP contribution in [0.3, 0.4) is 0 Å². The number of nitrogens with zero attached hydrogens (tertiary/aromatic N) is 1. The van der Waals surface area contributed by atoms with Crippen LogP contribution < -0.4 is 0 Å². The molecular formula is C11H15NO. The van der Waals surface area contributed by atoms with Crippen molar-refractivity contribution in [3.63, 3.8) is 0 Å². The summed E-state index contributed by atoms with van der Waals surface area (Å²) in [6, 6.07) is 4.08. The fraction of sp³-hybridized carbons (Fsp3) is 0.545. The lowest BCUT2D eigenvalue weighted by atomic mass is 10.1. The topological polar surface area (TPSA) is 33.1 Å². The number of aliphatic hydroxyl groups is 1. The van der Waals surface area contributed by atoms with Crippen molar-refractivity contribution < 1.29 is 5.11 Å². The van der Waals surface area contributed by atoms with Crippen molar-refractivity contribution in [2.75, 3.05) is 0 Å². The molecule has 2 rings (SSSR count). The van der Waals surface area contributed by atoms with E-state index in [0.717, 1.165) is 31.4 Å². The third kappa shape index (κ3) is 2.28. The van der Waals surface area contributed by atoms with Crippen molar-refractivity contribution in [3.05, 3.63) is 29.6 Å². The molecule has 13 heavy (non-hydrogen) atoms. The molecule has 0 radical (unpaired) electrons. The molecule has 0 aromatic carbocycles. The normalized spacial score (nSPS) is 18.6. The summed E-state index contributed by atoms with van der Waals surface area (Å²) in [5.74, 6) is 0. The van der Waals surface area contributed by atoms with Crippen LogP contribution in [-0.2, 0) is 6.42 Å². The zero-order valence-corrected chi connectivity index (χ0v) is 7.95. The van der Waals surface area contributed by atoms with E-state index in [-0.39, 0.29) is 5.60 Å². The van der Waals surface area contributed by atoms with Crippen LogP contribution >= 0.6 is 0 Å². The van der Waals surface area contributed by atoms with Crippen molar-refractivity contribution >= 4 is 0 Å². The Morgan fingerprint density at radius 2 is 2.31 bits per heavy atom. The Morgan fingerprint density at radius 3 is 2.92 bits per heavy atom. The molecule has 0 spiro atoms. The molecule has 2 nitrogen and oxygen atoms in total. The van der Waals surface area contributed by atoms with Crippen LogP contribution in [-0.4, -0.2) is 15.7 Å². The first-order valence-electron chi connectivity index (χ1n) is 4.82. The highest BCUT2D eigenvalue weighted by molar-refractivity contribution is 5.15. The van der Waals surface area contributed by atoms with Gasteiger partial charge in [0.15, 0.2) is 0 Å². The van der Waals surface area contributed by atoms with E-state index in [9.17, 15) is 5.11 Å². The summed E-state index contributed by atoms with van der Waals surface area (Å²) >= 11 is 0. The molecule has 1 aromatic heterocycles. The molecular weight excluding hydrogens is 162 g/mol. The molecule has 1 aliphatic carbocycles. The van der Waals surface area contributed by atoms with Gasteiger partial charge in [-0.25, -0.2) is 0 Å². The second-order valence-electron chi connectivity index (χ2n) is 4.05. The zero-order valence-electron chi connectivity index (χ0n) is 7.95. The SMILES string of the molecule is Cc1ccnc(CCC2(O)CC2)c1. The Labute approximate surface area is 78.6 Å². The third-order valence-electron chi connectivity index (χ3n) is 2.65. The highest BCUT2D eigenvalue weighted by Gasteiger charge is 2.39. The van der Waals surface area contributed by atoms with Gasteiger partial charge >= 0.3 is 0 Å². The summed E-state index contributed by atoms with van der Waals surface area (Å²) in [4.78, 5) is 4.26. The minimum atomic E-state index is -0.342. The van der Waals surface area contributed by atoms with Gasteiger partial charge in [-0.2, -0.15) is 0 Å². The molecule has 1 aromatic rings. The van der Waals surface area contributed by atoms with Crippen LogP contribution in [0.4, 0.5) is 0 Å². The van der Waals surface area contributed by atoms with Gasteiger partial charge in [-0.05, 0) is 50.3 Å². The summed E-state index contributed by atoms with van der Waals surface area (Å²) in [6.45, 7) is 2.07. The predicted molar refractivity (Wildman–Crippen MR) is 51.5 cm³/mol.